The first-order chi connectivity index (χ1) is 9.29. The molecule has 0 saturated carbocycles. The van der Waals surface area contributed by atoms with Crippen LogP contribution in [-0.4, -0.2) is 27.1 Å². The lowest BCUT2D eigenvalue weighted by Gasteiger charge is -2.06. The van der Waals surface area contributed by atoms with E-state index in [1.54, 1.807) is 18.1 Å². The Labute approximate surface area is 117 Å². The maximum Gasteiger partial charge on any atom is 0.190 e. The molecule has 1 aromatic carbocycles. The van der Waals surface area contributed by atoms with E-state index in [0.717, 1.165) is 28.6 Å². The fourth-order valence-electron chi connectivity index (χ4n) is 1.54. The average Bonchev–Trinajstić information content (AvgIpc) is 2.85. The van der Waals surface area contributed by atoms with Gasteiger partial charge in [-0.2, -0.15) is 0 Å². The van der Waals surface area contributed by atoms with E-state index in [1.807, 2.05) is 35.9 Å². The number of aryl methyl sites for hydroxylation is 1. The van der Waals surface area contributed by atoms with Gasteiger partial charge in [0.15, 0.2) is 5.16 Å². The molecule has 0 saturated heterocycles. The molecule has 0 fully saturated rings. The molecule has 0 atom stereocenters. The number of thioether (sulfide) groups is 1. The largest absolute Gasteiger partial charge is 0.494 e. The molecule has 0 amide bonds. The van der Waals surface area contributed by atoms with Gasteiger partial charge in [0.25, 0.3) is 0 Å². The summed E-state index contributed by atoms with van der Waals surface area (Å²) in [6, 6.07) is 7.89. The van der Waals surface area contributed by atoms with E-state index in [0.29, 0.717) is 13.2 Å². The first-order valence-electron chi connectivity index (χ1n) is 6.18. The summed E-state index contributed by atoms with van der Waals surface area (Å²) < 4.78 is 7.57. The van der Waals surface area contributed by atoms with Crippen molar-refractivity contribution in [3.8, 4) is 5.75 Å². The summed E-state index contributed by atoms with van der Waals surface area (Å²) in [5.41, 5.74) is 6.66. The van der Waals surface area contributed by atoms with E-state index >= 15 is 0 Å². The quantitative estimate of drug-likeness (QED) is 0.618. The second-order valence-corrected chi connectivity index (χ2v) is 5.19. The highest BCUT2D eigenvalue weighted by Gasteiger charge is 2.01. The average molecular weight is 278 g/mol. The summed E-state index contributed by atoms with van der Waals surface area (Å²) in [6.07, 6.45) is 2.67. The normalized spacial score (nSPS) is 10.6. The van der Waals surface area contributed by atoms with Gasteiger partial charge in [-0.1, -0.05) is 23.9 Å². The molecule has 5 nitrogen and oxygen atoms in total. The number of hydrogen-bond donors (Lipinski definition) is 1. The maximum absolute atomic E-state index is 5.66. The van der Waals surface area contributed by atoms with Crippen LogP contribution in [0.25, 0.3) is 0 Å². The van der Waals surface area contributed by atoms with Gasteiger partial charge in [-0.3, -0.25) is 0 Å². The van der Waals surface area contributed by atoms with Gasteiger partial charge in [0, 0.05) is 19.3 Å². The van der Waals surface area contributed by atoms with Gasteiger partial charge < -0.3 is 15.0 Å². The molecule has 2 aromatic rings. The molecule has 0 radical (unpaired) electrons. The molecule has 0 spiro atoms. The predicted molar refractivity (Wildman–Crippen MR) is 76.2 cm³/mol. The fraction of sp³-hybridized carbons (Fsp3) is 0.385. The van der Waals surface area contributed by atoms with Crippen LogP contribution in [0, 0.1) is 0 Å². The molecular weight excluding hydrogens is 260 g/mol. The third-order valence-corrected chi connectivity index (χ3v) is 3.74. The van der Waals surface area contributed by atoms with Crippen molar-refractivity contribution in [1.82, 2.24) is 14.8 Å². The number of hydrogen-bond acceptors (Lipinski definition) is 5. The Hall–Kier alpha value is -1.53. The van der Waals surface area contributed by atoms with E-state index in [4.69, 9.17) is 10.5 Å². The Morgan fingerprint density at radius 1 is 1.32 bits per heavy atom. The Bertz CT molecular complexity index is 498. The predicted octanol–water partition coefficient (Wildman–Crippen LogP) is 1.83. The Morgan fingerprint density at radius 3 is 2.74 bits per heavy atom. The van der Waals surface area contributed by atoms with Gasteiger partial charge in [-0.25, -0.2) is 0 Å². The molecule has 19 heavy (non-hydrogen) atoms. The molecule has 0 aliphatic heterocycles. The van der Waals surface area contributed by atoms with Crippen molar-refractivity contribution >= 4 is 11.8 Å². The third-order valence-electron chi connectivity index (χ3n) is 2.62. The van der Waals surface area contributed by atoms with Crippen molar-refractivity contribution in [2.75, 3.05) is 12.4 Å². The van der Waals surface area contributed by atoms with E-state index < -0.39 is 0 Å². The zero-order valence-corrected chi connectivity index (χ0v) is 11.8. The summed E-state index contributed by atoms with van der Waals surface area (Å²) in [7, 11) is 1.94. The van der Waals surface area contributed by atoms with Gasteiger partial charge in [-0.15, -0.1) is 10.2 Å². The minimum Gasteiger partial charge on any atom is -0.494 e. The highest BCUT2D eigenvalue weighted by Crippen LogP contribution is 2.15. The molecule has 1 heterocycles. The Morgan fingerprint density at radius 2 is 2.11 bits per heavy atom. The lowest BCUT2D eigenvalue weighted by Crippen LogP contribution is -2.00. The molecule has 2 rings (SSSR count). The van der Waals surface area contributed by atoms with Crippen LogP contribution in [-0.2, 0) is 13.6 Å². The molecule has 0 unspecified atom stereocenters. The van der Waals surface area contributed by atoms with Gasteiger partial charge in [0.1, 0.15) is 12.1 Å². The van der Waals surface area contributed by atoms with Crippen LogP contribution >= 0.6 is 11.8 Å². The van der Waals surface area contributed by atoms with Crippen molar-refractivity contribution < 1.29 is 4.74 Å². The highest BCUT2D eigenvalue weighted by molar-refractivity contribution is 7.99. The van der Waals surface area contributed by atoms with Crippen LogP contribution < -0.4 is 10.5 Å². The zero-order chi connectivity index (χ0) is 13.5. The molecule has 1 aromatic heterocycles. The minimum absolute atomic E-state index is 0.564. The summed E-state index contributed by atoms with van der Waals surface area (Å²) in [5, 5.41) is 8.79. The number of benzene rings is 1. The second kappa shape index (κ2) is 7.16. The summed E-state index contributed by atoms with van der Waals surface area (Å²) >= 11 is 1.69. The molecule has 0 bridgehead atoms. The van der Waals surface area contributed by atoms with Crippen molar-refractivity contribution in [2.45, 2.75) is 18.1 Å². The van der Waals surface area contributed by atoms with Gasteiger partial charge >= 0.3 is 0 Å². The number of ether oxygens (including phenoxy) is 1. The Kier molecular flexibility index (Phi) is 5.23. The molecule has 0 aliphatic carbocycles. The molecule has 102 valence electrons. The number of nitrogens with two attached hydrogens (primary N) is 1. The van der Waals surface area contributed by atoms with Crippen molar-refractivity contribution in [2.24, 2.45) is 12.8 Å². The lowest BCUT2D eigenvalue weighted by atomic mass is 10.2. The van der Waals surface area contributed by atoms with E-state index in [1.165, 1.54) is 0 Å². The second-order valence-electron chi connectivity index (χ2n) is 4.12. The summed E-state index contributed by atoms with van der Waals surface area (Å²) in [6.45, 7) is 1.27. The first kappa shape index (κ1) is 13.9. The third kappa shape index (κ3) is 4.25. The van der Waals surface area contributed by atoms with Crippen LogP contribution in [0.4, 0.5) is 0 Å². The van der Waals surface area contributed by atoms with Crippen LogP contribution in [0.3, 0.4) is 0 Å². The van der Waals surface area contributed by atoms with Crippen molar-refractivity contribution in [3.63, 3.8) is 0 Å². The number of aromatic nitrogens is 3. The van der Waals surface area contributed by atoms with E-state index in [-0.39, 0.29) is 0 Å². The van der Waals surface area contributed by atoms with Crippen molar-refractivity contribution in [1.29, 1.82) is 0 Å². The fourth-order valence-corrected chi connectivity index (χ4v) is 2.34. The van der Waals surface area contributed by atoms with Crippen LogP contribution in [0.15, 0.2) is 35.7 Å². The first-order valence-corrected chi connectivity index (χ1v) is 7.17. The summed E-state index contributed by atoms with van der Waals surface area (Å²) in [5.74, 6) is 1.86. The van der Waals surface area contributed by atoms with Crippen LogP contribution in [0.2, 0.25) is 0 Å². The monoisotopic (exact) mass is 278 g/mol. The van der Waals surface area contributed by atoms with E-state index in [2.05, 4.69) is 10.2 Å². The molecular formula is C13H18N4OS. The maximum atomic E-state index is 5.66. The van der Waals surface area contributed by atoms with Crippen LogP contribution in [0.1, 0.15) is 12.0 Å². The van der Waals surface area contributed by atoms with Gasteiger partial charge in [0.2, 0.25) is 0 Å². The van der Waals surface area contributed by atoms with Gasteiger partial charge in [0.05, 0.1) is 6.61 Å². The molecule has 2 N–H and O–H groups in total. The zero-order valence-electron chi connectivity index (χ0n) is 11.0. The Balaban J connectivity index is 1.65. The minimum atomic E-state index is 0.564. The lowest BCUT2D eigenvalue weighted by molar-refractivity contribution is 0.318. The SMILES string of the molecule is Cn1cnnc1SCCCOc1ccc(CN)cc1. The standard InChI is InChI=1S/C13H18N4OS/c1-17-10-15-16-13(17)19-8-2-7-18-12-5-3-11(9-14)4-6-12/h3-6,10H,2,7-9,14H2,1H3. The molecule has 0 aliphatic rings. The molecule has 6 heteroatoms. The van der Waals surface area contributed by atoms with E-state index in [9.17, 15) is 0 Å². The highest BCUT2D eigenvalue weighted by atomic mass is 32.2. The van der Waals surface area contributed by atoms with Crippen LogP contribution in [0.5, 0.6) is 5.75 Å². The number of nitrogens with zero attached hydrogens (tertiary/aromatic N) is 3. The summed E-state index contributed by atoms with van der Waals surface area (Å²) in [4.78, 5) is 0. The number of rotatable bonds is 7. The van der Waals surface area contributed by atoms with Gasteiger partial charge in [-0.05, 0) is 24.1 Å². The topological polar surface area (TPSA) is 66.0 Å². The smallest absolute Gasteiger partial charge is 0.190 e. The van der Waals surface area contributed by atoms with Crippen molar-refractivity contribution in [3.05, 3.63) is 36.2 Å².